The molecule has 1 rings (SSSR count). The van der Waals surface area contributed by atoms with Crippen LogP contribution in [0.3, 0.4) is 0 Å². The Labute approximate surface area is 57.4 Å². The van der Waals surface area contributed by atoms with Gasteiger partial charge in [0.2, 0.25) is 5.12 Å². The monoisotopic (exact) mass is 148 g/mol. The second kappa shape index (κ2) is 3.20. The van der Waals surface area contributed by atoms with Gasteiger partial charge >= 0.3 is 0 Å². The quantitative estimate of drug-likeness (QED) is 0.555. The van der Waals surface area contributed by atoms with Crippen molar-refractivity contribution in [2.45, 2.75) is 6.10 Å². The zero-order valence-corrected chi connectivity index (χ0v) is 5.69. The fourth-order valence-corrected chi connectivity index (χ4v) is 1.05. The molecule has 1 aliphatic rings. The minimum atomic E-state index is -0.364. The van der Waals surface area contributed by atoms with Gasteiger partial charge in [-0.2, -0.15) is 0 Å². The zero-order valence-electron chi connectivity index (χ0n) is 4.87. The van der Waals surface area contributed by atoms with Crippen LogP contribution in [0.5, 0.6) is 0 Å². The minimum Gasteiger partial charge on any atom is -0.388 e. The first kappa shape index (κ1) is 7.05. The third-order valence-electron chi connectivity index (χ3n) is 0.962. The van der Waals surface area contributed by atoms with E-state index in [-0.39, 0.29) is 17.8 Å². The summed E-state index contributed by atoms with van der Waals surface area (Å²) in [4.78, 5) is 10.4. The van der Waals surface area contributed by atoms with E-state index in [1.165, 1.54) is 0 Å². The van der Waals surface area contributed by atoms with E-state index in [0.29, 0.717) is 5.75 Å². The molecule has 0 spiro atoms. The van der Waals surface area contributed by atoms with Crippen LogP contribution in [-0.2, 0) is 9.53 Å². The zero-order chi connectivity index (χ0) is 6.69. The molecule has 1 unspecified atom stereocenters. The number of epoxide rings is 1. The summed E-state index contributed by atoms with van der Waals surface area (Å²) in [6.45, 7) is 0.406. The second-order valence-corrected chi connectivity index (χ2v) is 2.87. The molecule has 1 aliphatic heterocycles. The summed E-state index contributed by atoms with van der Waals surface area (Å²) in [5.74, 6) is 0.694. The standard InChI is InChI=1S/C5H8O3S/c6-1-5(7)9-3-4-2-8-4/h4,6H,1-3H2. The van der Waals surface area contributed by atoms with Crippen molar-refractivity contribution in [2.24, 2.45) is 0 Å². The molecule has 1 atom stereocenters. The van der Waals surface area contributed by atoms with Crippen LogP contribution in [0.2, 0.25) is 0 Å². The molecule has 9 heavy (non-hydrogen) atoms. The van der Waals surface area contributed by atoms with Crippen molar-refractivity contribution in [1.82, 2.24) is 0 Å². The van der Waals surface area contributed by atoms with Crippen LogP contribution in [0, 0.1) is 0 Å². The van der Waals surface area contributed by atoms with E-state index in [4.69, 9.17) is 9.84 Å². The first-order chi connectivity index (χ1) is 4.33. The van der Waals surface area contributed by atoms with E-state index >= 15 is 0 Å². The first-order valence-electron chi connectivity index (χ1n) is 2.71. The Morgan fingerprint density at radius 3 is 3.00 bits per heavy atom. The normalized spacial score (nSPS) is 23.9. The lowest BCUT2D eigenvalue weighted by atomic mass is 10.6. The van der Waals surface area contributed by atoms with E-state index in [1.54, 1.807) is 0 Å². The lowest BCUT2D eigenvalue weighted by Gasteiger charge is -1.90. The number of ether oxygens (including phenoxy) is 1. The van der Waals surface area contributed by atoms with Crippen molar-refractivity contribution in [3.63, 3.8) is 0 Å². The van der Waals surface area contributed by atoms with E-state index in [2.05, 4.69) is 0 Å². The maximum Gasteiger partial charge on any atom is 0.214 e. The van der Waals surface area contributed by atoms with Gasteiger partial charge < -0.3 is 9.84 Å². The summed E-state index contributed by atoms with van der Waals surface area (Å²) in [6, 6.07) is 0. The van der Waals surface area contributed by atoms with E-state index in [0.717, 1.165) is 18.4 Å². The molecule has 1 N–H and O–H groups in total. The molecule has 1 heterocycles. The molecule has 1 fully saturated rings. The number of hydrogen-bond acceptors (Lipinski definition) is 4. The highest BCUT2D eigenvalue weighted by atomic mass is 32.2. The molecular weight excluding hydrogens is 140 g/mol. The van der Waals surface area contributed by atoms with Gasteiger partial charge in [0.15, 0.2) is 0 Å². The molecular formula is C5H8O3S. The van der Waals surface area contributed by atoms with Crippen molar-refractivity contribution in [2.75, 3.05) is 19.0 Å². The van der Waals surface area contributed by atoms with Crippen LogP contribution in [0.1, 0.15) is 0 Å². The maximum absolute atomic E-state index is 10.4. The third-order valence-corrected chi connectivity index (χ3v) is 1.95. The van der Waals surface area contributed by atoms with E-state index in [9.17, 15) is 4.79 Å². The van der Waals surface area contributed by atoms with E-state index in [1.807, 2.05) is 0 Å². The molecule has 52 valence electrons. The van der Waals surface area contributed by atoms with Gasteiger partial charge in [-0.1, -0.05) is 11.8 Å². The van der Waals surface area contributed by atoms with Gasteiger partial charge in [0.1, 0.15) is 6.61 Å². The Kier molecular flexibility index (Phi) is 2.50. The molecule has 3 nitrogen and oxygen atoms in total. The van der Waals surface area contributed by atoms with Gasteiger partial charge in [-0.05, 0) is 0 Å². The average Bonchev–Trinajstić information content (AvgIpc) is 2.65. The molecule has 1 saturated heterocycles. The number of carbonyl (C=O) groups excluding carboxylic acids is 1. The van der Waals surface area contributed by atoms with Gasteiger partial charge in [0.25, 0.3) is 0 Å². The summed E-state index contributed by atoms with van der Waals surface area (Å²) in [5.41, 5.74) is 0. The van der Waals surface area contributed by atoms with Crippen LogP contribution < -0.4 is 0 Å². The molecule has 0 radical (unpaired) electrons. The topological polar surface area (TPSA) is 49.8 Å². The minimum absolute atomic E-state index is 0.175. The van der Waals surface area contributed by atoms with Crippen LogP contribution in [0.25, 0.3) is 0 Å². The Morgan fingerprint density at radius 2 is 2.56 bits per heavy atom. The Balaban J connectivity index is 1.96. The molecule has 0 aromatic carbocycles. The lowest BCUT2D eigenvalue weighted by molar-refractivity contribution is -0.113. The molecule has 0 aromatic rings. The highest BCUT2D eigenvalue weighted by Gasteiger charge is 2.23. The fraction of sp³-hybridized carbons (Fsp3) is 0.800. The number of carbonyl (C=O) groups is 1. The summed E-state index contributed by atoms with van der Waals surface area (Å²) >= 11 is 1.13. The first-order valence-corrected chi connectivity index (χ1v) is 3.69. The molecule has 0 aliphatic carbocycles. The van der Waals surface area contributed by atoms with Crippen LogP contribution in [0.15, 0.2) is 0 Å². The van der Waals surface area contributed by atoms with Gasteiger partial charge in [0.05, 0.1) is 12.7 Å². The summed E-state index contributed by atoms with van der Waals surface area (Å²) in [6.07, 6.45) is 0.269. The molecule has 0 bridgehead atoms. The average molecular weight is 148 g/mol. The largest absolute Gasteiger partial charge is 0.388 e. The molecule has 0 saturated carbocycles. The highest BCUT2D eigenvalue weighted by Crippen LogP contribution is 2.15. The predicted molar refractivity (Wildman–Crippen MR) is 34.3 cm³/mol. The van der Waals surface area contributed by atoms with Gasteiger partial charge in [0, 0.05) is 5.75 Å². The predicted octanol–water partition coefficient (Wildman–Crippen LogP) is -0.363. The van der Waals surface area contributed by atoms with Gasteiger partial charge in [-0.15, -0.1) is 0 Å². The number of rotatable bonds is 3. The van der Waals surface area contributed by atoms with Crippen molar-refractivity contribution in [3.05, 3.63) is 0 Å². The number of thioether (sulfide) groups is 1. The number of aliphatic hydroxyl groups excluding tert-OH is 1. The van der Waals surface area contributed by atoms with E-state index < -0.39 is 0 Å². The molecule has 4 heteroatoms. The Morgan fingerprint density at radius 1 is 1.89 bits per heavy atom. The fourth-order valence-electron chi connectivity index (χ4n) is 0.396. The smallest absolute Gasteiger partial charge is 0.214 e. The Hall–Kier alpha value is -0.0600. The molecule has 0 aromatic heterocycles. The summed E-state index contributed by atoms with van der Waals surface area (Å²) in [7, 11) is 0. The summed E-state index contributed by atoms with van der Waals surface area (Å²) in [5, 5.41) is 8.08. The lowest BCUT2D eigenvalue weighted by Crippen LogP contribution is -2.01. The number of aliphatic hydroxyl groups is 1. The van der Waals surface area contributed by atoms with Crippen molar-refractivity contribution in [3.8, 4) is 0 Å². The maximum atomic E-state index is 10.4. The van der Waals surface area contributed by atoms with Crippen LogP contribution in [0.4, 0.5) is 0 Å². The van der Waals surface area contributed by atoms with Crippen LogP contribution >= 0.6 is 11.8 Å². The van der Waals surface area contributed by atoms with Gasteiger partial charge in [-0.3, -0.25) is 4.79 Å². The van der Waals surface area contributed by atoms with Crippen molar-refractivity contribution in [1.29, 1.82) is 0 Å². The van der Waals surface area contributed by atoms with Gasteiger partial charge in [-0.25, -0.2) is 0 Å². The SMILES string of the molecule is O=C(CO)SCC1CO1. The van der Waals surface area contributed by atoms with Crippen LogP contribution in [-0.4, -0.2) is 35.3 Å². The molecule has 0 amide bonds. The number of hydrogen-bond donors (Lipinski definition) is 1. The highest BCUT2D eigenvalue weighted by molar-refractivity contribution is 8.13. The second-order valence-electron chi connectivity index (χ2n) is 1.80. The Bertz CT molecular complexity index is 111. The third kappa shape index (κ3) is 2.84. The van der Waals surface area contributed by atoms with Crippen molar-refractivity contribution < 1.29 is 14.6 Å². The van der Waals surface area contributed by atoms with Crippen molar-refractivity contribution >= 4 is 16.9 Å². The summed E-state index contributed by atoms with van der Waals surface area (Å²) < 4.78 is 4.85.